The Kier molecular flexibility index (Phi) is 6.58. The largest absolute Gasteiger partial charge is 0.508 e. The number of aromatic hydroxyl groups is 2. The van der Waals surface area contributed by atoms with Gasteiger partial charge >= 0.3 is 0 Å². The van der Waals surface area contributed by atoms with Crippen LogP contribution >= 0.6 is 0 Å². The van der Waals surface area contributed by atoms with Crippen molar-refractivity contribution < 1.29 is 19.8 Å². The summed E-state index contributed by atoms with van der Waals surface area (Å²) in [5.41, 5.74) is 3.75. The van der Waals surface area contributed by atoms with E-state index in [1.54, 1.807) is 42.5 Å². The summed E-state index contributed by atoms with van der Waals surface area (Å²) in [5.74, 6) is -1.36. The molecular weight excluding hydrogens is 382 g/mol. The summed E-state index contributed by atoms with van der Waals surface area (Å²) in [6.07, 6.45) is 2.76. The minimum Gasteiger partial charge on any atom is -0.508 e. The van der Waals surface area contributed by atoms with E-state index in [9.17, 15) is 19.8 Å². The second-order valence-corrected chi connectivity index (χ2v) is 6.23. The highest BCUT2D eigenvalue weighted by molar-refractivity contribution is 6.05. The monoisotopic (exact) mass is 401 g/mol. The van der Waals surface area contributed by atoms with Crippen LogP contribution in [0.4, 0.5) is 0 Å². The fourth-order valence-electron chi connectivity index (χ4n) is 2.52. The summed E-state index contributed by atoms with van der Waals surface area (Å²) >= 11 is 0. The van der Waals surface area contributed by atoms with Crippen molar-refractivity contribution in [3.05, 3.63) is 101 Å². The summed E-state index contributed by atoms with van der Waals surface area (Å²) in [4.78, 5) is 25.1. The maximum Gasteiger partial charge on any atom is 0.287 e. The molecule has 3 aromatic rings. The first-order chi connectivity index (χ1) is 14.5. The van der Waals surface area contributed by atoms with Gasteiger partial charge in [0.2, 0.25) is 0 Å². The average Bonchev–Trinajstić information content (AvgIpc) is 2.76. The molecule has 2 amide bonds. The Bertz CT molecular complexity index is 1090. The second-order valence-electron chi connectivity index (χ2n) is 6.23. The molecule has 0 bridgehead atoms. The van der Waals surface area contributed by atoms with Gasteiger partial charge in [-0.05, 0) is 35.9 Å². The Labute approximate surface area is 173 Å². The molecule has 3 rings (SSSR count). The van der Waals surface area contributed by atoms with Crippen molar-refractivity contribution in [2.24, 2.45) is 5.10 Å². The number of nitrogens with zero attached hydrogens (tertiary/aromatic N) is 1. The number of hydrogen-bond donors (Lipinski definition) is 4. The summed E-state index contributed by atoms with van der Waals surface area (Å²) < 4.78 is 0. The molecule has 7 nitrogen and oxygen atoms in total. The molecule has 0 fully saturated rings. The minimum atomic E-state index is -0.641. The molecule has 0 spiro atoms. The van der Waals surface area contributed by atoms with Crippen LogP contribution in [0.5, 0.6) is 11.5 Å². The minimum absolute atomic E-state index is 0.00197. The third-order valence-electron chi connectivity index (χ3n) is 4.02. The lowest BCUT2D eigenvalue weighted by molar-refractivity contribution is -0.117. The number of carbonyl (C=O) groups is 2. The lowest BCUT2D eigenvalue weighted by atomic mass is 10.1. The van der Waals surface area contributed by atoms with Gasteiger partial charge in [0, 0.05) is 17.2 Å². The van der Waals surface area contributed by atoms with Gasteiger partial charge in [0.25, 0.3) is 11.8 Å². The van der Waals surface area contributed by atoms with Gasteiger partial charge in [0.05, 0.1) is 6.21 Å². The summed E-state index contributed by atoms with van der Waals surface area (Å²) in [6, 6.07) is 21.5. The van der Waals surface area contributed by atoms with Crippen LogP contribution in [-0.2, 0) is 4.79 Å². The van der Waals surface area contributed by atoms with Crippen molar-refractivity contribution in [3.63, 3.8) is 0 Å². The van der Waals surface area contributed by atoms with Crippen molar-refractivity contribution in [2.75, 3.05) is 0 Å². The van der Waals surface area contributed by atoms with Crippen LogP contribution in [0.2, 0.25) is 0 Å². The number of benzene rings is 3. The van der Waals surface area contributed by atoms with E-state index in [0.717, 1.165) is 11.6 Å². The van der Waals surface area contributed by atoms with Crippen molar-refractivity contribution >= 4 is 24.1 Å². The smallest absolute Gasteiger partial charge is 0.287 e. The van der Waals surface area contributed by atoms with Gasteiger partial charge in [-0.25, -0.2) is 5.43 Å². The highest BCUT2D eigenvalue weighted by Crippen LogP contribution is 2.20. The number of carbonyl (C=O) groups excluding carboxylic acids is 2. The van der Waals surface area contributed by atoms with Crippen LogP contribution in [0, 0.1) is 0 Å². The molecule has 0 radical (unpaired) electrons. The van der Waals surface area contributed by atoms with Gasteiger partial charge in [-0.15, -0.1) is 0 Å². The van der Waals surface area contributed by atoms with Crippen molar-refractivity contribution in [1.29, 1.82) is 0 Å². The molecule has 4 N–H and O–H groups in total. The molecule has 0 saturated heterocycles. The third-order valence-corrected chi connectivity index (χ3v) is 4.02. The first-order valence-corrected chi connectivity index (χ1v) is 9.01. The SMILES string of the molecule is O=C(N/N=C/c1ccc(O)cc1O)/C(=C/c1ccccc1)NC(=O)c1ccccc1. The molecule has 7 heteroatoms. The maximum absolute atomic E-state index is 12.6. The number of nitrogens with one attached hydrogen (secondary N) is 2. The fourth-order valence-corrected chi connectivity index (χ4v) is 2.52. The molecule has 30 heavy (non-hydrogen) atoms. The van der Waals surface area contributed by atoms with Crippen LogP contribution in [0.3, 0.4) is 0 Å². The predicted molar refractivity (Wildman–Crippen MR) is 114 cm³/mol. The maximum atomic E-state index is 12.6. The Hall–Kier alpha value is -4.39. The third kappa shape index (κ3) is 5.56. The normalized spacial score (nSPS) is 11.3. The Morgan fingerprint density at radius 3 is 2.20 bits per heavy atom. The highest BCUT2D eigenvalue weighted by atomic mass is 16.3. The van der Waals surface area contributed by atoms with E-state index >= 15 is 0 Å². The van der Waals surface area contributed by atoms with Gasteiger partial charge in [0.1, 0.15) is 17.2 Å². The van der Waals surface area contributed by atoms with E-state index in [1.807, 2.05) is 18.2 Å². The molecule has 150 valence electrons. The number of phenols is 2. The van der Waals surface area contributed by atoms with Crippen LogP contribution < -0.4 is 10.7 Å². The van der Waals surface area contributed by atoms with Gasteiger partial charge in [-0.3, -0.25) is 9.59 Å². The zero-order valence-electron chi connectivity index (χ0n) is 15.8. The first-order valence-electron chi connectivity index (χ1n) is 9.01. The zero-order valence-corrected chi connectivity index (χ0v) is 15.8. The predicted octanol–water partition coefficient (Wildman–Crippen LogP) is 3.02. The standard InChI is InChI=1S/C23H19N3O4/c27-19-12-11-18(21(28)14-19)15-24-26-23(30)20(13-16-7-3-1-4-8-16)25-22(29)17-9-5-2-6-10-17/h1-15,27-28H,(H,25,29)(H,26,30)/b20-13-,24-15+. The molecule has 0 aromatic heterocycles. The van der Waals surface area contributed by atoms with Gasteiger partial charge < -0.3 is 15.5 Å². The molecule has 0 aliphatic carbocycles. The number of hydrazone groups is 1. The number of rotatable bonds is 6. The molecule has 0 aliphatic rings. The topological polar surface area (TPSA) is 111 Å². The Balaban J connectivity index is 1.78. The van der Waals surface area contributed by atoms with Crippen molar-refractivity contribution in [1.82, 2.24) is 10.7 Å². The van der Waals surface area contributed by atoms with Crippen LogP contribution in [0.15, 0.2) is 89.7 Å². The molecule has 0 atom stereocenters. The second kappa shape index (κ2) is 9.70. The highest BCUT2D eigenvalue weighted by Gasteiger charge is 2.14. The molecule has 0 aliphatic heterocycles. The Morgan fingerprint density at radius 2 is 1.53 bits per heavy atom. The van der Waals surface area contributed by atoms with E-state index < -0.39 is 11.8 Å². The van der Waals surface area contributed by atoms with E-state index in [4.69, 9.17) is 0 Å². The number of phenolic OH excluding ortho intramolecular Hbond substituents is 2. The molecular formula is C23H19N3O4. The van der Waals surface area contributed by atoms with E-state index in [1.165, 1.54) is 24.4 Å². The van der Waals surface area contributed by atoms with E-state index in [0.29, 0.717) is 11.1 Å². The van der Waals surface area contributed by atoms with Crippen molar-refractivity contribution in [2.45, 2.75) is 0 Å². The molecule has 0 unspecified atom stereocenters. The first kappa shape index (κ1) is 20.3. The van der Waals surface area contributed by atoms with E-state index in [2.05, 4.69) is 15.8 Å². The van der Waals surface area contributed by atoms with Crippen molar-refractivity contribution in [3.8, 4) is 11.5 Å². The molecule has 0 saturated carbocycles. The summed E-state index contributed by atoms with van der Waals surface area (Å²) in [7, 11) is 0. The van der Waals surface area contributed by atoms with Crippen LogP contribution in [0.1, 0.15) is 21.5 Å². The zero-order chi connectivity index (χ0) is 21.3. The lowest BCUT2D eigenvalue weighted by Crippen LogP contribution is -2.32. The fraction of sp³-hybridized carbons (Fsp3) is 0. The van der Waals surface area contributed by atoms with Gasteiger partial charge in [-0.1, -0.05) is 48.5 Å². The summed E-state index contributed by atoms with van der Waals surface area (Å²) in [5, 5.41) is 25.5. The summed E-state index contributed by atoms with van der Waals surface area (Å²) in [6.45, 7) is 0. The molecule has 3 aromatic carbocycles. The van der Waals surface area contributed by atoms with E-state index in [-0.39, 0.29) is 17.2 Å². The number of amides is 2. The average molecular weight is 401 g/mol. The van der Waals surface area contributed by atoms with Crippen LogP contribution in [-0.4, -0.2) is 28.2 Å². The Morgan fingerprint density at radius 1 is 0.867 bits per heavy atom. The van der Waals surface area contributed by atoms with Gasteiger partial charge in [0.15, 0.2) is 0 Å². The number of hydrogen-bond acceptors (Lipinski definition) is 5. The van der Waals surface area contributed by atoms with Gasteiger partial charge in [-0.2, -0.15) is 5.10 Å². The lowest BCUT2D eigenvalue weighted by Gasteiger charge is -2.09. The quantitative estimate of drug-likeness (QED) is 0.289. The van der Waals surface area contributed by atoms with Crippen LogP contribution in [0.25, 0.3) is 6.08 Å². The molecule has 0 heterocycles.